The zero-order chi connectivity index (χ0) is 12.1. The Labute approximate surface area is 96.5 Å². The van der Waals surface area contributed by atoms with Crippen molar-refractivity contribution in [2.45, 2.75) is 6.92 Å². The predicted molar refractivity (Wildman–Crippen MR) is 59.6 cm³/mol. The van der Waals surface area contributed by atoms with Crippen LogP contribution < -0.4 is 5.32 Å². The van der Waals surface area contributed by atoms with Crippen molar-refractivity contribution in [3.05, 3.63) is 0 Å². The number of carbonyl (C=O) groups is 2. The molecule has 0 aromatic heterocycles. The van der Waals surface area contributed by atoms with Crippen LogP contribution in [0.2, 0.25) is 0 Å². The Balaban J connectivity index is 2.30. The third-order valence-electron chi connectivity index (χ3n) is 2.45. The molecule has 0 aromatic carbocycles. The van der Waals surface area contributed by atoms with E-state index in [1.165, 1.54) is 6.92 Å². The summed E-state index contributed by atoms with van der Waals surface area (Å²) in [4.78, 5) is 23.6. The molecule has 0 aromatic rings. The van der Waals surface area contributed by atoms with Crippen LogP contribution >= 0.6 is 0 Å². The number of carboxylic acid groups (broad SMARTS) is 1. The number of amides is 2. The van der Waals surface area contributed by atoms with E-state index >= 15 is 0 Å². The molecule has 1 unspecified atom stereocenters. The van der Waals surface area contributed by atoms with Crippen LogP contribution in [0.5, 0.6) is 0 Å². The largest absolute Gasteiger partial charge is 0.481 e. The standard InChI is InChI=1S/C9H16N2O4S/c1-7(8(12)13)6-10-9(14)11-2-4-16(15)5-3-11/h7H,2-6H2,1H3,(H,10,14)(H,12,13). The summed E-state index contributed by atoms with van der Waals surface area (Å²) in [5, 5.41) is 11.2. The summed E-state index contributed by atoms with van der Waals surface area (Å²) < 4.78 is 11.1. The predicted octanol–water partition coefficient (Wildman–Crippen LogP) is -0.519. The van der Waals surface area contributed by atoms with E-state index in [1.54, 1.807) is 4.90 Å². The number of aliphatic carboxylic acids is 1. The van der Waals surface area contributed by atoms with E-state index in [2.05, 4.69) is 5.32 Å². The molecule has 1 aliphatic heterocycles. The first-order valence-electron chi connectivity index (χ1n) is 5.11. The summed E-state index contributed by atoms with van der Waals surface area (Å²) in [5.74, 6) is -0.521. The van der Waals surface area contributed by atoms with Crippen LogP contribution in [-0.4, -0.2) is 57.4 Å². The molecule has 92 valence electrons. The molecule has 1 fully saturated rings. The molecule has 1 heterocycles. The van der Waals surface area contributed by atoms with Gasteiger partial charge < -0.3 is 15.3 Å². The fraction of sp³-hybridized carbons (Fsp3) is 0.778. The monoisotopic (exact) mass is 248 g/mol. The summed E-state index contributed by atoms with van der Waals surface area (Å²) in [6.07, 6.45) is 0. The second-order valence-corrected chi connectivity index (χ2v) is 5.46. The zero-order valence-electron chi connectivity index (χ0n) is 9.14. The molecule has 0 saturated carbocycles. The molecule has 0 bridgehead atoms. The van der Waals surface area contributed by atoms with Crippen molar-refractivity contribution >= 4 is 22.8 Å². The number of carbonyl (C=O) groups excluding carboxylic acids is 1. The second kappa shape index (κ2) is 5.83. The third kappa shape index (κ3) is 3.80. The van der Waals surface area contributed by atoms with Gasteiger partial charge in [0.25, 0.3) is 0 Å². The van der Waals surface area contributed by atoms with Crippen molar-refractivity contribution in [2.24, 2.45) is 5.92 Å². The summed E-state index contributed by atoms with van der Waals surface area (Å²) >= 11 is 0. The van der Waals surface area contributed by atoms with Crippen molar-refractivity contribution < 1.29 is 18.9 Å². The Bertz CT molecular complexity index is 298. The minimum absolute atomic E-state index is 0.119. The summed E-state index contributed by atoms with van der Waals surface area (Å²) in [6, 6.07) is -0.273. The van der Waals surface area contributed by atoms with Crippen molar-refractivity contribution in [3.63, 3.8) is 0 Å². The van der Waals surface area contributed by atoms with Gasteiger partial charge in [0, 0.05) is 41.9 Å². The first-order valence-corrected chi connectivity index (χ1v) is 6.60. The van der Waals surface area contributed by atoms with Crippen LogP contribution in [0.25, 0.3) is 0 Å². The highest BCUT2D eigenvalue weighted by atomic mass is 32.2. The van der Waals surface area contributed by atoms with Crippen molar-refractivity contribution in [3.8, 4) is 0 Å². The quantitative estimate of drug-likeness (QED) is 0.703. The fourth-order valence-electron chi connectivity index (χ4n) is 1.28. The molecule has 7 heteroatoms. The number of nitrogens with zero attached hydrogens (tertiary/aromatic N) is 1. The average molecular weight is 248 g/mol. The number of rotatable bonds is 3. The van der Waals surface area contributed by atoms with E-state index in [0.29, 0.717) is 24.6 Å². The Hall–Kier alpha value is -1.11. The molecule has 2 N–H and O–H groups in total. The van der Waals surface area contributed by atoms with Gasteiger partial charge in [0.15, 0.2) is 0 Å². The van der Waals surface area contributed by atoms with Crippen LogP contribution in [0.1, 0.15) is 6.92 Å². The maximum absolute atomic E-state index is 11.6. The number of carboxylic acids is 1. The van der Waals surface area contributed by atoms with E-state index in [-0.39, 0.29) is 12.6 Å². The molecule has 0 radical (unpaired) electrons. The van der Waals surface area contributed by atoms with Crippen LogP contribution in [0.3, 0.4) is 0 Å². The molecular formula is C9H16N2O4S. The maximum atomic E-state index is 11.6. The van der Waals surface area contributed by atoms with Gasteiger partial charge in [-0.05, 0) is 0 Å². The molecule has 2 amide bonds. The van der Waals surface area contributed by atoms with Crippen LogP contribution in [0, 0.1) is 5.92 Å². The highest BCUT2D eigenvalue weighted by Gasteiger charge is 2.20. The first-order chi connectivity index (χ1) is 7.50. The second-order valence-electron chi connectivity index (χ2n) is 3.76. The minimum atomic E-state index is -0.931. The molecule has 1 atom stereocenters. The van der Waals surface area contributed by atoms with Gasteiger partial charge in [0.2, 0.25) is 0 Å². The lowest BCUT2D eigenvalue weighted by molar-refractivity contribution is -0.140. The topological polar surface area (TPSA) is 86.7 Å². The molecule has 0 spiro atoms. The van der Waals surface area contributed by atoms with Crippen molar-refractivity contribution in [1.82, 2.24) is 10.2 Å². The third-order valence-corrected chi connectivity index (χ3v) is 3.72. The zero-order valence-corrected chi connectivity index (χ0v) is 9.96. The maximum Gasteiger partial charge on any atom is 0.317 e. The summed E-state index contributed by atoms with van der Waals surface area (Å²) in [5.41, 5.74) is 0. The lowest BCUT2D eigenvalue weighted by Crippen LogP contribution is -2.48. The SMILES string of the molecule is CC(CNC(=O)N1CCS(=O)CC1)C(=O)O. The lowest BCUT2D eigenvalue weighted by Gasteiger charge is -2.26. The van der Waals surface area contributed by atoms with Crippen LogP contribution in [0.15, 0.2) is 0 Å². The Morgan fingerprint density at radius 2 is 2.00 bits per heavy atom. The molecule has 1 saturated heterocycles. The highest BCUT2D eigenvalue weighted by molar-refractivity contribution is 7.85. The van der Waals surface area contributed by atoms with Gasteiger partial charge in [-0.3, -0.25) is 9.00 Å². The molecule has 16 heavy (non-hydrogen) atoms. The molecule has 6 nitrogen and oxygen atoms in total. The molecule has 1 aliphatic rings. The fourth-order valence-corrected chi connectivity index (χ4v) is 2.33. The van der Waals surface area contributed by atoms with Gasteiger partial charge in [0.05, 0.1) is 5.92 Å². The number of hydrogen-bond donors (Lipinski definition) is 2. The van der Waals surface area contributed by atoms with Gasteiger partial charge in [-0.25, -0.2) is 4.79 Å². The van der Waals surface area contributed by atoms with Gasteiger partial charge >= 0.3 is 12.0 Å². The highest BCUT2D eigenvalue weighted by Crippen LogP contribution is 2.00. The molecule has 1 rings (SSSR count). The van der Waals surface area contributed by atoms with Crippen molar-refractivity contribution in [1.29, 1.82) is 0 Å². The Morgan fingerprint density at radius 1 is 1.44 bits per heavy atom. The van der Waals surface area contributed by atoms with Gasteiger partial charge in [-0.1, -0.05) is 6.92 Å². The molecular weight excluding hydrogens is 232 g/mol. The van der Waals surface area contributed by atoms with E-state index in [9.17, 15) is 13.8 Å². The van der Waals surface area contributed by atoms with E-state index in [1.807, 2.05) is 0 Å². The first kappa shape index (κ1) is 13.0. The summed E-state index contributed by atoms with van der Waals surface area (Å²) in [7, 11) is -0.813. The van der Waals surface area contributed by atoms with Gasteiger partial charge in [0.1, 0.15) is 0 Å². The van der Waals surface area contributed by atoms with Gasteiger partial charge in [-0.2, -0.15) is 0 Å². The van der Waals surface area contributed by atoms with Crippen molar-refractivity contribution in [2.75, 3.05) is 31.1 Å². The lowest BCUT2D eigenvalue weighted by atomic mass is 10.2. The van der Waals surface area contributed by atoms with E-state index in [4.69, 9.17) is 5.11 Å². The van der Waals surface area contributed by atoms with Gasteiger partial charge in [-0.15, -0.1) is 0 Å². The Morgan fingerprint density at radius 3 is 2.50 bits per heavy atom. The minimum Gasteiger partial charge on any atom is -0.481 e. The number of hydrogen-bond acceptors (Lipinski definition) is 3. The average Bonchev–Trinajstić information content (AvgIpc) is 2.26. The van der Waals surface area contributed by atoms with E-state index in [0.717, 1.165) is 0 Å². The van der Waals surface area contributed by atoms with Crippen LogP contribution in [0.4, 0.5) is 4.79 Å². The Kier molecular flexibility index (Phi) is 4.72. The smallest absolute Gasteiger partial charge is 0.317 e. The normalized spacial score (nSPS) is 19.2. The van der Waals surface area contributed by atoms with E-state index < -0.39 is 22.7 Å². The number of urea groups is 1. The van der Waals surface area contributed by atoms with Crippen LogP contribution in [-0.2, 0) is 15.6 Å². The molecule has 0 aliphatic carbocycles. The summed E-state index contributed by atoms with van der Waals surface area (Å²) in [6.45, 7) is 2.60. The number of nitrogens with one attached hydrogen (secondary N) is 1.